The summed E-state index contributed by atoms with van der Waals surface area (Å²) in [7, 11) is 0. The minimum atomic E-state index is -0.854. The highest BCUT2D eigenvalue weighted by molar-refractivity contribution is 5.81. The molecule has 0 radical (unpaired) electrons. The van der Waals surface area contributed by atoms with Crippen LogP contribution >= 0.6 is 0 Å². The van der Waals surface area contributed by atoms with Gasteiger partial charge in [-0.05, 0) is 36.8 Å². The summed E-state index contributed by atoms with van der Waals surface area (Å²) in [6.07, 6.45) is 0. The molecule has 3 aromatic rings. The van der Waals surface area contributed by atoms with E-state index < -0.39 is 11.9 Å². The van der Waals surface area contributed by atoms with Gasteiger partial charge in [-0.3, -0.25) is 4.79 Å². The average Bonchev–Trinajstić information content (AvgIpc) is 2.90. The number of carbonyl (C=O) groups is 1. The lowest BCUT2D eigenvalue weighted by Crippen LogP contribution is -2.06. The smallest absolute Gasteiger partial charge is 0.310 e. The van der Waals surface area contributed by atoms with Crippen LogP contribution in [0.1, 0.15) is 18.4 Å². The minimum absolute atomic E-state index is 0.542. The third-order valence-electron chi connectivity index (χ3n) is 3.30. The van der Waals surface area contributed by atoms with Crippen LogP contribution in [-0.4, -0.2) is 16.1 Å². The quantitative estimate of drug-likeness (QED) is 0.786. The zero-order valence-corrected chi connectivity index (χ0v) is 10.9. The Morgan fingerprint density at radius 1 is 1.20 bits per heavy atom. The van der Waals surface area contributed by atoms with Gasteiger partial charge in [0.25, 0.3) is 0 Å². The maximum absolute atomic E-state index is 11.0. The molecule has 4 heteroatoms. The van der Waals surface area contributed by atoms with Gasteiger partial charge in [-0.25, -0.2) is 4.98 Å². The van der Waals surface area contributed by atoms with Crippen molar-refractivity contribution in [3.05, 3.63) is 54.1 Å². The molecule has 1 aromatic heterocycles. The number of hydrogen-bond donors (Lipinski definition) is 1. The maximum atomic E-state index is 11.0. The molecular formula is C16H13NO3. The van der Waals surface area contributed by atoms with Crippen LogP contribution in [0.25, 0.3) is 22.6 Å². The van der Waals surface area contributed by atoms with Gasteiger partial charge in [-0.2, -0.15) is 0 Å². The summed E-state index contributed by atoms with van der Waals surface area (Å²) >= 11 is 0. The van der Waals surface area contributed by atoms with Gasteiger partial charge in [0.1, 0.15) is 5.52 Å². The zero-order chi connectivity index (χ0) is 14.1. The Bertz CT molecular complexity index is 762. The fraction of sp³-hybridized carbons (Fsp3) is 0.125. The molecule has 2 aromatic carbocycles. The third kappa shape index (κ3) is 2.16. The number of fused-ring (bicyclic) bond motifs is 1. The second kappa shape index (κ2) is 4.81. The van der Waals surface area contributed by atoms with Crippen molar-refractivity contribution in [2.45, 2.75) is 12.8 Å². The number of carboxylic acid groups (broad SMARTS) is 1. The van der Waals surface area contributed by atoms with Gasteiger partial charge < -0.3 is 9.52 Å². The SMILES string of the molecule is C[C@H](C(=O)O)c1ccc2nc(-c3ccccc3)oc2c1. The van der Waals surface area contributed by atoms with Crippen LogP contribution in [0, 0.1) is 0 Å². The van der Waals surface area contributed by atoms with Gasteiger partial charge in [0.15, 0.2) is 5.58 Å². The number of oxazole rings is 1. The van der Waals surface area contributed by atoms with Crippen LogP contribution in [0.3, 0.4) is 0 Å². The molecule has 4 nitrogen and oxygen atoms in total. The molecule has 1 atom stereocenters. The van der Waals surface area contributed by atoms with Crippen molar-refractivity contribution in [3.63, 3.8) is 0 Å². The lowest BCUT2D eigenvalue weighted by atomic mass is 10.0. The molecule has 0 aliphatic rings. The van der Waals surface area contributed by atoms with E-state index in [1.54, 1.807) is 25.1 Å². The van der Waals surface area contributed by atoms with Crippen LogP contribution in [-0.2, 0) is 4.79 Å². The first-order valence-corrected chi connectivity index (χ1v) is 6.34. The molecule has 0 saturated carbocycles. The van der Waals surface area contributed by atoms with Crippen molar-refractivity contribution in [2.24, 2.45) is 0 Å². The largest absolute Gasteiger partial charge is 0.481 e. The van der Waals surface area contributed by atoms with Crippen molar-refractivity contribution in [2.75, 3.05) is 0 Å². The monoisotopic (exact) mass is 267 g/mol. The van der Waals surface area contributed by atoms with E-state index in [9.17, 15) is 4.79 Å². The number of benzene rings is 2. The Morgan fingerprint density at radius 2 is 1.95 bits per heavy atom. The number of nitrogens with zero attached hydrogens (tertiary/aromatic N) is 1. The van der Waals surface area contributed by atoms with E-state index >= 15 is 0 Å². The third-order valence-corrected chi connectivity index (χ3v) is 3.30. The second-order valence-electron chi connectivity index (χ2n) is 4.67. The van der Waals surface area contributed by atoms with Crippen LogP contribution < -0.4 is 0 Å². The van der Waals surface area contributed by atoms with E-state index in [4.69, 9.17) is 9.52 Å². The Balaban J connectivity index is 2.06. The van der Waals surface area contributed by atoms with E-state index in [0.717, 1.165) is 11.1 Å². The minimum Gasteiger partial charge on any atom is -0.481 e. The van der Waals surface area contributed by atoms with E-state index in [1.165, 1.54) is 0 Å². The molecule has 3 rings (SSSR count). The lowest BCUT2D eigenvalue weighted by Gasteiger charge is -2.04. The Kier molecular flexibility index (Phi) is 2.99. The van der Waals surface area contributed by atoms with E-state index in [1.807, 2.05) is 30.3 Å². The van der Waals surface area contributed by atoms with Crippen molar-refractivity contribution >= 4 is 17.1 Å². The Morgan fingerprint density at radius 3 is 2.65 bits per heavy atom. The number of hydrogen-bond acceptors (Lipinski definition) is 3. The van der Waals surface area contributed by atoms with E-state index in [0.29, 0.717) is 17.0 Å². The number of carboxylic acids is 1. The highest BCUT2D eigenvalue weighted by atomic mass is 16.4. The summed E-state index contributed by atoms with van der Waals surface area (Å²) in [5, 5.41) is 9.04. The van der Waals surface area contributed by atoms with Gasteiger partial charge in [0, 0.05) is 5.56 Å². The molecule has 100 valence electrons. The fourth-order valence-electron chi connectivity index (χ4n) is 2.06. The first-order chi connectivity index (χ1) is 9.65. The van der Waals surface area contributed by atoms with E-state index in [2.05, 4.69) is 4.98 Å². The highest BCUT2D eigenvalue weighted by Crippen LogP contribution is 2.27. The molecule has 20 heavy (non-hydrogen) atoms. The second-order valence-corrected chi connectivity index (χ2v) is 4.67. The van der Waals surface area contributed by atoms with Crippen molar-refractivity contribution < 1.29 is 14.3 Å². The molecule has 0 amide bonds. The molecule has 0 aliphatic heterocycles. The number of aliphatic carboxylic acids is 1. The van der Waals surface area contributed by atoms with Crippen molar-refractivity contribution in [1.82, 2.24) is 4.98 Å². The first kappa shape index (κ1) is 12.4. The lowest BCUT2D eigenvalue weighted by molar-refractivity contribution is -0.138. The molecule has 0 bridgehead atoms. The van der Waals surface area contributed by atoms with Crippen molar-refractivity contribution in [1.29, 1.82) is 0 Å². The van der Waals surface area contributed by atoms with Crippen LogP contribution in [0.15, 0.2) is 52.9 Å². The van der Waals surface area contributed by atoms with Crippen LogP contribution in [0.5, 0.6) is 0 Å². The molecule has 1 N–H and O–H groups in total. The molecule has 0 saturated heterocycles. The van der Waals surface area contributed by atoms with Gasteiger partial charge in [0.05, 0.1) is 5.92 Å². The van der Waals surface area contributed by atoms with Gasteiger partial charge >= 0.3 is 5.97 Å². The van der Waals surface area contributed by atoms with Crippen molar-refractivity contribution in [3.8, 4) is 11.5 Å². The van der Waals surface area contributed by atoms with Crippen LogP contribution in [0.2, 0.25) is 0 Å². The molecule has 0 fully saturated rings. The normalized spacial score (nSPS) is 12.4. The Labute approximate surface area is 115 Å². The van der Waals surface area contributed by atoms with Gasteiger partial charge in [-0.15, -0.1) is 0 Å². The summed E-state index contributed by atoms with van der Waals surface area (Å²) in [6.45, 7) is 1.65. The summed E-state index contributed by atoms with van der Waals surface area (Å²) < 4.78 is 5.72. The predicted octanol–water partition coefficient (Wildman–Crippen LogP) is 3.68. The van der Waals surface area contributed by atoms with Gasteiger partial charge in [-0.1, -0.05) is 24.3 Å². The zero-order valence-electron chi connectivity index (χ0n) is 10.9. The molecule has 0 spiro atoms. The van der Waals surface area contributed by atoms with Crippen LogP contribution in [0.4, 0.5) is 0 Å². The molecule has 1 heterocycles. The summed E-state index contributed by atoms with van der Waals surface area (Å²) in [5.74, 6) is -0.877. The van der Waals surface area contributed by atoms with E-state index in [-0.39, 0.29) is 0 Å². The first-order valence-electron chi connectivity index (χ1n) is 6.34. The number of aromatic nitrogens is 1. The van der Waals surface area contributed by atoms with Gasteiger partial charge in [0.2, 0.25) is 5.89 Å². The number of rotatable bonds is 3. The predicted molar refractivity (Wildman–Crippen MR) is 75.5 cm³/mol. The molecular weight excluding hydrogens is 254 g/mol. The molecule has 0 aliphatic carbocycles. The summed E-state index contributed by atoms with van der Waals surface area (Å²) in [6, 6.07) is 14.9. The molecule has 0 unspecified atom stereocenters. The highest BCUT2D eigenvalue weighted by Gasteiger charge is 2.16. The standard InChI is InChI=1S/C16H13NO3/c1-10(16(18)19)12-7-8-13-14(9-12)20-15(17-13)11-5-3-2-4-6-11/h2-10H,1H3,(H,18,19)/t10-/m0/s1. The fourth-order valence-corrected chi connectivity index (χ4v) is 2.06. The Hall–Kier alpha value is -2.62. The topological polar surface area (TPSA) is 63.3 Å². The maximum Gasteiger partial charge on any atom is 0.310 e. The average molecular weight is 267 g/mol. The summed E-state index contributed by atoms with van der Waals surface area (Å²) in [4.78, 5) is 15.4. The summed E-state index contributed by atoms with van der Waals surface area (Å²) in [5.41, 5.74) is 2.94.